The molecule has 0 saturated carbocycles. The molecule has 2 N–H and O–H groups in total. The standard InChI is InChI=1S/C25H27N3O/c1-28(2)16-17-29-21-14-12-20(13-15-21)27-25(19-8-4-3-5-9-19)23-18-26-24-11-7-6-10-22(23)24/h3-15,26-27H,16-18H2,1-2H3/b25-23+. The van der Waals surface area contributed by atoms with Gasteiger partial charge in [-0.1, -0.05) is 48.5 Å². The summed E-state index contributed by atoms with van der Waals surface area (Å²) in [4.78, 5) is 2.11. The molecule has 0 atom stereocenters. The lowest BCUT2D eigenvalue weighted by atomic mass is 10.0. The summed E-state index contributed by atoms with van der Waals surface area (Å²) >= 11 is 0. The van der Waals surface area contributed by atoms with Crippen LogP contribution in [0.5, 0.6) is 5.75 Å². The summed E-state index contributed by atoms with van der Waals surface area (Å²) in [6.45, 7) is 2.39. The minimum Gasteiger partial charge on any atom is -0.492 e. The summed E-state index contributed by atoms with van der Waals surface area (Å²) in [6.07, 6.45) is 0. The van der Waals surface area contributed by atoms with Crippen LogP contribution in [0.2, 0.25) is 0 Å². The summed E-state index contributed by atoms with van der Waals surface area (Å²) in [5.41, 5.74) is 7.06. The van der Waals surface area contributed by atoms with Crippen LogP contribution in [0.4, 0.5) is 11.4 Å². The lowest BCUT2D eigenvalue weighted by Gasteiger charge is -2.16. The van der Waals surface area contributed by atoms with Crippen molar-refractivity contribution in [1.29, 1.82) is 0 Å². The van der Waals surface area contributed by atoms with Crippen molar-refractivity contribution >= 4 is 22.6 Å². The van der Waals surface area contributed by atoms with Crippen LogP contribution in [-0.2, 0) is 0 Å². The zero-order chi connectivity index (χ0) is 20.1. The Hall–Kier alpha value is -3.24. The van der Waals surface area contributed by atoms with E-state index in [0.29, 0.717) is 6.61 Å². The Morgan fingerprint density at radius 2 is 1.66 bits per heavy atom. The first kappa shape index (κ1) is 19.1. The highest BCUT2D eigenvalue weighted by Gasteiger charge is 2.20. The summed E-state index contributed by atoms with van der Waals surface area (Å²) in [5, 5.41) is 7.16. The Kier molecular flexibility index (Phi) is 5.82. The molecule has 0 amide bonds. The van der Waals surface area contributed by atoms with Crippen molar-refractivity contribution < 1.29 is 4.74 Å². The second kappa shape index (κ2) is 8.84. The molecule has 29 heavy (non-hydrogen) atoms. The van der Waals surface area contributed by atoms with Gasteiger partial charge < -0.3 is 20.3 Å². The van der Waals surface area contributed by atoms with Crippen LogP contribution in [0.1, 0.15) is 11.1 Å². The molecule has 0 saturated heterocycles. The van der Waals surface area contributed by atoms with Crippen molar-refractivity contribution in [1.82, 2.24) is 4.90 Å². The predicted octanol–water partition coefficient (Wildman–Crippen LogP) is 5.03. The number of para-hydroxylation sites is 1. The number of nitrogens with zero attached hydrogens (tertiary/aromatic N) is 1. The number of likely N-dealkylation sites (N-methyl/N-ethyl adjacent to an activating group) is 1. The van der Waals surface area contributed by atoms with E-state index >= 15 is 0 Å². The zero-order valence-electron chi connectivity index (χ0n) is 17.0. The first-order valence-electron chi connectivity index (χ1n) is 9.97. The monoisotopic (exact) mass is 385 g/mol. The van der Waals surface area contributed by atoms with Crippen molar-refractivity contribution in [3.63, 3.8) is 0 Å². The molecule has 0 unspecified atom stereocenters. The normalized spacial score (nSPS) is 14.3. The van der Waals surface area contributed by atoms with E-state index in [1.54, 1.807) is 0 Å². The van der Waals surface area contributed by atoms with Crippen LogP contribution in [-0.4, -0.2) is 38.7 Å². The Labute approximate surface area is 172 Å². The fourth-order valence-corrected chi connectivity index (χ4v) is 3.45. The van der Waals surface area contributed by atoms with E-state index in [1.807, 2.05) is 32.3 Å². The molecule has 4 rings (SSSR count). The molecule has 1 aliphatic heterocycles. The largest absolute Gasteiger partial charge is 0.492 e. The number of hydrogen-bond donors (Lipinski definition) is 2. The van der Waals surface area contributed by atoms with Crippen molar-refractivity contribution in [3.8, 4) is 5.75 Å². The van der Waals surface area contributed by atoms with Gasteiger partial charge in [0.15, 0.2) is 0 Å². The molecular weight excluding hydrogens is 358 g/mol. The van der Waals surface area contributed by atoms with Gasteiger partial charge in [-0.25, -0.2) is 0 Å². The fourth-order valence-electron chi connectivity index (χ4n) is 3.45. The van der Waals surface area contributed by atoms with Crippen LogP contribution >= 0.6 is 0 Å². The van der Waals surface area contributed by atoms with Gasteiger partial charge in [-0.15, -0.1) is 0 Å². The minimum absolute atomic E-state index is 0.682. The molecule has 0 fully saturated rings. The first-order chi connectivity index (χ1) is 14.2. The van der Waals surface area contributed by atoms with Crippen LogP contribution in [0.3, 0.4) is 0 Å². The van der Waals surface area contributed by atoms with Crippen LogP contribution < -0.4 is 15.4 Å². The quantitative estimate of drug-likeness (QED) is 0.598. The first-order valence-corrected chi connectivity index (χ1v) is 9.97. The van der Waals surface area contributed by atoms with Gasteiger partial charge >= 0.3 is 0 Å². The van der Waals surface area contributed by atoms with Gasteiger partial charge in [0.05, 0.1) is 5.70 Å². The van der Waals surface area contributed by atoms with E-state index in [1.165, 1.54) is 22.4 Å². The van der Waals surface area contributed by atoms with Gasteiger partial charge in [-0.05, 0) is 50.0 Å². The topological polar surface area (TPSA) is 36.5 Å². The smallest absolute Gasteiger partial charge is 0.119 e. The molecule has 3 aromatic rings. The van der Waals surface area contributed by atoms with Gasteiger partial charge in [-0.2, -0.15) is 0 Å². The number of anilines is 2. The molecule has 0 bridgehead atoms. The molecule has 0 aromatic heterocycles. The summed E-state index contributed by atoms with van der Waals surface area (Å²) in [6, 6.07) is 27.1. The van der Waals surface area contributed by atoms with E-state index in [-0.39, 0.29) is 0 Å². The lowest BCUT2D eigenvalue weighted by molar-refractivity contribution is 0.261. The maximum absolute atomic E-state index is 5.82. The average molecular weight is 386 g/mol. The zero-order valence-corrected chi connectivity index (χ0v) is 17.0. The predicted molar refractivity (Wildman–Crippen MR) is 122 cm³/mol. The maximum atomic E-state index is 5.82. The molecule has 0 aliphatic carbocycles. The van der Waals surface area contributed by atoms with Crippen LogP contribution in [0.15, 0.2) is 78.9 Å². The minimum atomic E-state index is 0.682. The highest BCUT2D eigenvalue weighted by atomic mass is 16.5. The lowest BCUT2D eigenvalue weighted by Crippen LogP contribution is -2.19. The second-order valence-electron chi connectivity index (χ2n) is 7.42. The third-order valence-electron chi connectivity index (χ3n) is 5.00. The summed E-state index contributed by atoms with van der Waals surface area (Å²) < 4.78 is 5.82. The molecule has 148 valence electrons. The van der Waals surface area contributed by atoms with E-state index in [0.717, 1.165) is 30.2 Å². The van der Waals surface area contributed by atoms with Gasteiger partial charge in [0.2, 0.25) is 0 Å². The third kappa shape index (κ3) is 4.61. The van der Waals surface area contributed by atoms with Gasteiger partial charge in [0, 0.05) is 35.6 Å². The number of ether oxygens (including phenoxy) is 1. The second-order valence-corrected chi connectivity index (χ2v) is 7.42. The Morgan fingerprint density at radius 1 is 0.931 bits per heavy atom. The van der Waals surface area contributed by atoms with Crippen molar-refractivity contribution in [2.75, 3.05) is 44.4 Å². The highest BCUT2D eigenvalue weighted by molar-refractivity contribution is 6.02. The van der Waals surface area contributed by atoms with Gasteiger partial charge in [-0.3, -0.25) is 0 Å². The molecule has 1 heterocycles. The van der Waals surface area contributed by atoms with Crippen LogP contribution in [0.25, 0.3) is 11.3 Å². The Morgan fingerprint density at radius 3 is 2.41 bits per heavy atom. The molecular formula is C25H27N3O. The number of hydrogen-bond acceptors (Lipinski definition) is 4. The van der Waals surface area contributed by atoms with Gasteiger partial charge in [0.1, 0.15) is 12.4 Å². The Bertz CT molecular complexity index is 978. The highest BCUT2D eigenvalue weighted by Crippen LogP contribution is 2.36. The number of rotatable bonds is 7. The van der Waals surface area contributed by atoms with Crippen molar-refractivity contribution in [2.24, 2.45) is 0 Å². The molecule has 4 nitrogen and oxygen atoms in total. The van der Waals surface area contributed by atoms with Gasteiger partial charge in [0.25, 0.3) is 0 Å². The van der Waals surface area contributed by atoms with E-state index < -0.39 is 0 Å². The van der Waals surface area contributed by atoms with E-state index in [9.17, 15) is 0 Å². The number of fused-ring (bicyclic) bond motifs is 1. The average Bonchev–Trinajstić information content (AvgIpc) is 3.17. The summed E-state index contributed by atoms with van der Waals surface area (Å²) in [7, 11) is 4.09. The van der Waals surface area contributed by atoms with Crippen LogP contribution in [0, 0.1) is 0 Å². The fraction of sp³-hybridized carbons (Fsp3) is 0.200. The van der Waals surface area contributed by atoms with Crippen molar-refractivity contribution in [2.45, 2.75) is 0 Å². The number of nitrogens with one attached hydrogen (secondary N) is 2. The summed E-state index contributed by atoms with van der Waals surface area (Å²) in [5.74, 6) is 0.888. The van der Waals surface area contributed by atoms with E-state index in [4.69, 9.17) is 4.74 Å². The molecule has 0 spiro atoms. The van der Waals surface area contributed by atoms with E-state index in [2.05, 4.69) is 76.2 Å². The Balaban J connectivity index is 1.60. The SMILES string of the molecule is CN(C)CCOc1ccc(N/C(=C2\CNc3ccccc32)c2ccccc2)cc1. The number of benzene rings is 3. The molecule has 3 aromatic carbocycles. The molecule has 4 heteroatoms. The molecule has 0 radical (unpaired) electrons. The molecule has 1 aliphatic rings. The third-order valence-corrected chi connectivity index (χ3v) is 5.00. The maximum Gasteiger partial charge on any atom is 0.119 e. The van der Waals surface area contributed by atoms with Crippen molar-refractivity contribution in [3.05, 3.63) is 90.0 Å².